The number of hydrogen-bond donors (Lipinski definition) is 1. The number of allylic oxidation sites excluding steroid dienone is 3. The minimum atomic E-state index is -0.702. The highest BCUT2D eigenvalue weighted by molar-refractivity contribution is 5.99. The summed E-state index contributed by atoms with van der Waals surface area (Å²) < 4.78 is 12.0. The molecule has 11 nitrogen and oxygen atoms in total. The number of morpholine rings is 1. The summed E-state index contributed by atoms with van der Waals surface area (Å²) in [6.45, 7) is 20.2. The number of anilines is 2. The Labute approximate surface area is 271 Å². The summed E-state index contributed by atoms with van der Waals surface area (Å²) in [6, 6.07) is 5.78. The lowest BCUT2D eigenvalue weighted by molar-refractivity contribution is -0.117. The molecule has 6 rings (SSSR count). The van der Waals surface area contributed by atoms with Crippen LogP contribution in [0.2, 0.25) is 0 Å². The van der Waals surface area contributed by atoms with Crippen molar-refractivity contribution < 1.29 is 19.1 Å². The van der Waals surface area contributed by atoms with Crippen LogP contribution >= 0.6 is 0 Å². The maximum atomic E-state index is 12.4. The average molecular weight is 628 g/mol. The van der Waals surface area contributed by atoms with Crippen molar-refractivity contribution in [3.8, 4) is 16.9 Å². The highest BCUT2D eigenvalue weighted by Crippen LogP contribution is 2.46. The first-order chi connectivity index (χ1) is 22.0. The Hall–Kier alpha value is -4.48. The largest absolute Gasteiger partial charge is 0.490 e. The number of piperazine rings is 1. The van der Waals surface area contributed by atoms with Crippen molar-refractivity contribution in [3.05, 3.63) is 78.3 Å². The summed E-state index contributed by atoms with van der Waals surface area (Å²) in [4.78, 5) is 40.1. The first kappa shape index (κ1) is 32.9. The van der Waals surface area contributed by atoms with Gasteiger partial charge in [0.1, 0.15) is 30.0 Å². The number of aldehydes is 1. The summed E-state index contributed by atoms with van der Waals surface area (Å²) in [5.41, 5.74) is 5.19. The van der Waals surface area contributed by atoms with Crippen LogP contribution in [0.15, 0.2) is 72.6 Å². The average Bonchev–Trinajstić information content (AvgIpc) is 3.37. The summed E-state index contributed by atoms with van der Waals surface area (Å²) in [7, 11) is 4.12. The molecule has 0 bridgehead atoms. The molecule has 0 unspecified atom stereocenters. The highest BCUT2D eigenvalue weighted by atomic mass is 16.5. The highest BCUT2D eigenvalue weighted by Gasteiger charge is 2.36. The van der Waals surface area contributed by atoms with Gasteiger partial charge in [0.2, 0.25) is 11.9 Å². The van der Waals surface area contributed by atoms with Gasteiger partial charge in [-0.1, -0.05) is 19.2 Å². The normalized spacial score (nSPS) is 20.8. The third-order valence-electron chi connectivity index (χ3n) is 8.62. The lowest BCUT2D eigenvalue weighted by Gasteiger charge is -2.34. The summed E-state index contributed by atoms with van der Waals surface area (Å²) in [6.07, 6.45) is 7.90. The number of likely N-dealkylation sites (N-methyl/N-ethyl adjacent to an activating group) is 2. The topological polar surface area (TPSA) is 103 Å². The van der Waals surface area contributed by atoms with Crippen LogP contribution in [0.3, 0.4) is 0 Å². The minimum Gasteiger partial charge on any atom is -0.490 e. The first-order valence-corrected chi connectivity index (χ1v) is 15.7. The molecule has 244 valence electrons. The van der Waals surface area contributed by atoms with E-state index < -0.39 is 5.60 Å². The van der Waals surface area contributed by atoms with E-state index >= 15 is 0 Å². The fourth-order valence-corrected chi connectivity index (χ4v) is 5.86. The zero-order chi connectivity index (χ0) is 33.0. The molecule has 4 aliphatic rings. The van der Waals surface area contributed by atoms with Crippen LogP contribution in [0, 0.1) is 0 Å². The maximum Gasteiger partial charge on any atom is 0.231 e. The van der Waals surface area contributed by atoms with Crippen molar-refractivity contribution >= 4 is 23.8 Å². The van der Waals surface area contributed by atoms with Crippen molar-refractivity contribution in [1.82, 2.24) is 24.7 Å². The van der Waals surface area contributed by atoms with Gasteiger partial charge in [0, 0.05) is 74.4 Å². The van der Waals surface area contributed by atoms with Gasteiger partial charge in [0.25, 0.3) is 0 Å². The van der Waals surface area contributed by atoms with Gasteiger partial charge < -0.3 is 29.4 Å². The lowest BCUT2D eigenvalue weighted by atomic mass is 9.91. The molecule has 46 heavy (non-hydrogen) atoms. The lowest BCUT2D eigenvalue weighted by Crippen LogP contribution is -2.44. The fraction of sp³-hybridized carbons (Fsp3) is 0.429. The van der Waals surface area contributed by atoms with Crippen LogP contribution in [-0.2, 0) is 19.9 Å². The molecule has 1 N–H and O–H groups in total. The number of nitrogens with one attached hydrogen (secondary N) is 1. The van der Waals surface area contributed by atoms with Crippen molar-refractivity contribution in [2.24, 2.45) is 0 Å². The van der Waals surface area contributed by atoms with E-state index in [9.17, 15) is 9.59 Å². The van der Waals surface area contributed by atoms with Crippen LogP contribution in [-0.4, -0.2) is 96.8 Å². The van der Waals surface area contributed by atoms with Crippen molar-refractivity contribution in [1.29, 1.82) is 0 Å². The Balaban J connectivity index is 0.000000356. The van der Waals surface area contributed by atoms with Gasteiger partial charge in [-0.25, -0.2) is 9.97 Å². The monoisotopic (exact) mass is 627 g/mol. The summed E-state index contributed by atoms with van der Waals surface area (Å²) in [5, 5.41) is 3.31. The van der Waals surface area contributed by atoms with E-state index in [4.69, 9.17) is 14.5 Å². The predicted molar refractivity (Wildman–Crippen MR) is 180 cm³/mol. The van der Waals surface area contributed by atoms with Gasteiger partial charge in [0.15, 0.2) is 0 Å². The van der Waals surface area contributed by atoms with Crippen LogP contribution in [0.5, 0.6) is 5.75 Å². The van der Waals surface area contributed by atoms with Crippen LogP contribution in [0.1, 0.15) is 39.3 Å². The number of fused-ring (bicyclic) bond motifs is 3. The molecule has 5 heterocycles. The molecule has 0 spiro atoms. The summed E-state index contributed by atoms with van der Waals surface area (Å²) in [5.74, 6) is 1.86. The standard InChI is InChI=1S/C28H31N5O3.C7H14N2O/c1-7-19(14-23-18(3)35-13-12-32(23)6)30-27-29-16-22-21-10-9-20(33-17(2)8-11-25(33)34)15-24(21)36-28(4,5)26(22)31-27;1-8-2-4-9(5-3-8)6-7-10/h7,9-10,14-16H,2-3,8,11-13H2,1,4-6H3,(H,29,30,31);7H,2-6H2,1H3/b19-7+,23-14+;. The number of aromatic nitrogens is 2. The zero-order valence-corrected chi connectivity index (χ0v) is 27.6. The van der Waals surface area contributed by atoms with Crippen molar-refractivity contribution in [3.63, 3.8) is 0 Å². The Morgan fingerprint density at radius 2 is 1.85 bits per heavy atom. The maximum absolute atomic E-state index is 12.4. The number of rotatable bonds is 6. The van der Waals surface area contributed by atoms with Crippen LogP contribution < -0.4 is 15.0 Å². The summed E-state index contributed by atoms with van der Waals surface area (Å²) >= 11 is 0. The first-order valence-electron chi connectivity index (χ1n) is 15.7. The molecule has 0 aliphatic carbocycles. The molecular formula is C35H45N7O4. The van der Waals surface area contributed by atoms with Gasteiger partial charge in [-0.2, -0.15) is 0 Å². The van der Waals surface area contributed by atoms with E-state index in [1.165, 1.54) is 0 Å². The van der Waals surface area contributed by atoms with Crippen LogP contribution in [0.4, 0.5) is 11.6 Å². The van der Waals surface area contributed by atoms with Gasteiger partial charge in [-0.15, -0.1) is 0 Å². The van der Waals surface area contributed by atoms with Gasteiger partial charge in [-0.05, 0) is 52.4 Å². The molecule has 3 saturated heterocycles. The zero-order valence-electron chi connectivity index (χ0n) is 27.6. The Morgan fingerprint density at radius 1 is 1.09 bits per heavy atom. The van der Waals surface area contributed by atoms with E-state index in [2.05, 4.69) is 45.2 Å². The van der Waals surface area contributed by atoms with E-state index in [0.29, 0.717) is 43.5 Å². The molecule has 1 amide bonds. The third kappa shape index (κ3) is 7.16. The minimum absolute atomic E-state index is 0.0544. The van der Waals surface area contributed by atoms with Gasteiger partial charge in [0.05, 0.1) is 30.2 Å². The van der Waals surface area contributed by atoms with Gasteiger partial charge in [-0.3, -0.25) is 14.6 Å². The number of ether oxygens (including phenoxy) is 2. The molecule has 0 radical (unpaired) electrons. The molecule has 1 aromatic heterocycles. The van der Waals surface area contributed by atoms with E-state index in [1.54, 1.807) is 4.90 Å². The smallest absolute Gasteiger partial charge is 0.231 e. The fourth-order valence-electron chi connectivity index (χ4n) is 5.86. The quantitative estimate of drug-likeness (QED) is 0.460. The molecule has 2 aromatic rings. The number of nitrogens with zero attached hydrogens (tertiary/aromatic N) is 6. The number of amides is 1. The van der Waals surface area contributed by atoms with E-state index in [1.807, 2.05) is 64.4 Å². The second-order valence-electron chi connectivity index (χ2n) is 12.4. The van der Waals surface area contributed by atoms with Crippen molar-refractivity contribution in [2.45, 2.75) is 39.2 Å². The van der Waals surface area contributed by atoms with Crippen molar-refractivity contribution in [2.75, 3.05) is 70.2 Å². The van der Waals surface area contributed by atoms with E-state index in [0.717, 1.165) is 78.6 Å². The van der Waals surface area contributed by atoms with E-state index in [-0.39, 0.29) is 5.91 Å². The third-order valence-corrected chi connectivity index (χ3v) is 8.62. The molecule has 4 aliphatic heterocycles. The number of carbonyl (C=O) groups is 2. The second kappa shape index (κ2) is 13.9. The van der Waals surface area contributed by atoms with Crippen LogP contribution in [0.25, 0.3) is 11.1 Å². The number of carbonyl (C=O) groups excluding carboxylic acids is 2. The number of benzene rings is 1. The SMILES string of the molecule is C=C1OCCN(C)/C1=C/C(=C\C)Nc1ncc2c(n1)C(C)(C)Oc1cc(N3C(=C)CCC3=O)ccc1-2.CN1CCN(CC=O)CC1. The molecular weight excluding hydrogens is 582 g/mol. The Morgan fingerprint density at radius 3 is 2.50 bits per heavy atom. The molecule has 0 atom stereocenters. The predicted octanol–water partition coefficient (Wildman–Crippen LogP) is 4.52. The Kier molecular flexibility index (Phi) is 9.93. The molecule has 1 aromatic carbocycles. The van der Waals surface area contributed by atoms with Gasteiger partial charge >= 0.3 is 0 Å². The second-order valence-corrected chi connectivity index (χ2v) is 12.4. The Bertz CT molecular complexity index is 1560. The molecule has 11 heteroatoms. The molecule has 0 saturated carbocycles. The number of hydrogen-bond acceptors (Lipinski definition) is 10. The molecule has 3 fully saturated rings.